The monoisotopic (exact) mass is 460 g/mol. The van der Waals surface area contributed by atoms with Gasteiger partial charge in [0.05, 0.1) is 4.90 Å². The summed E-state index contributed by atoms with van der Waals surface area (Å²) in [4.78, 5) is 18.5. The van der Waals surface area contributed by atoms with E-state index in [9.17, 15) is 13.2 Å². The number of sulfonamides is 1. The van der Waals surface area contributed by atoms with Crippen LogP contribution in [0.25, 0.3) is 0 Å². The van der Waals surface area contributed by atoms with Crippen molar-refractivity contribution in [1.29, 1.82) is 0 Å². The normalized spacial score (nSPS) is 15.8. The largest absolute Gasteiger partial charge is 0.340 e. The molecule has 0 atom stereocenters. The van der Waals surface area contributed by atoms with Gasteiger partial charge < -0.3 is 9.84 Å². The molecule has 0 bridgehead atoms. The van der Waals surface area contributed by atoms with Gasteiger partial charge in [-0.3, -0.25) is 4.79 Å². The van der Waals surface area contributed by atoms with Gasteiger partial charge >= 0.3 is 0 Å². The van der Waals surface area contributed by atoms with Gasteiger partial charge in [0.1, 0.15) is 5.54 Å². The van der Waals surface area contributed by atoms with Gasteiger partial charge in [-0.15, -0.1) is 11.3 Å². The number of nitrogens with one attached hydrogen (secondary N) is 2. The van der Waals surface area contributed by atoms with Crippen molar-refractivity contribution in [1.82, 2.24) is 20.2 Å². The number of amides is 1. The summed E-state index contributed by atoms with van der Waals surface area (Å²) in [7, 11) is -3.64. The Hall–Kier alpha value is -2.56. The first-order valence-electron chi connectivity index (χ1n) is 10.1. The number of aryl methyl sites for hydroxylation is 1. The molecule has 3 aromatic rings. The van der Waals surface area contributed by atoms with Crippen LogP contribution >= 0.6 is 11.3 Å². The molecule has 1 aromatic carbocycles. The number of hydrogen-bond acceptors (Lipinski definition) is 7. The highest BCUT2D eigenvalue weighted by Crippen LogP contribution is 2.37. The summed E-state index contributed by atoms with van der Waals surface area (Å²) >= 11 is 1.59. The van der Waals surface area contributed by atoms with Gasteiger partial charge in [-0.1, -0.05) is 24.1 Å². The van der Waals surface area contributed by atoms with E-state index in [0.717, 1.165) is 30.6 Å². The highest BCUT2D eigenvalue weighted by Gasteiger charge is 2.41. The standard InChI is InChI=1S/C21H24N4O4S2/c1-15-23-20(25-29-15)21(11-2-3-12-21)24-19(26)16-6-8-18(9-7-16)31(27,28)22-13-10-17-5-4-14-30-17/h4-9,14,22H,2-3,10-13H2,1H3,(H,24,26). The molecule has 1 saturated carbocycles. The Morgan fingerprint density at radius 2 is 1.94 bits per heavy atom. The van der Waals surface area contributed by atoms with Crippen molar-refractivity contribution in [3.05, 3.63) is 63.9 Å². The van der Waals surface area contributed by atoms with E-state index in [1.54, 1.807) is 18.3 Å². The van der Waals surface area contributed by atoms with Gasteiger partial charge in [-0.05, 0) is 55.0 Å². The number of hydrogen-bond donors (Lipinski definition) is 2. The Balaban J connectivity index is 1.42. The maximum atomic E-state index is 12.9. The lowest BCUT2D eigenvalue weighted by Gasteiger charge is -2.26. The van der Waals surface area contributed by atoms with Crippen LogP contribution < -0.4 is 10.0 Å². The Morgan fingerprint density at radius 3 is 2.55 bits per heavy atom. The number of rotatable bonds is 8. The lowest BCUT2D eigenvalue weighted by atomic mass is 9.96. The summed E-state index contributed by atoms with van der Waals surface area (Å²) in [5.74, 6) is 0.653. The zero-order valence-corrected chi connectivity index (χ0v) is 18.8. The van der Waals surface area contributed by atoms with Crippen molar-refractivity contribution in [2.45, 2.75) is 49.5 Å². The first-order valence-corrected chi connectivity index (χ1v) is 12.5. The molecule has 1 aliphatic rings. The third-order valence-corrected chi connectivity index (χ3v) is 7.85. The fourth-order valence-corrected chi connectivity index (χ4v) is 5.54. The average molecular weight is 461 g/mol. The molecule has 0 spiro atoms. The molecule has 2 N–H and O–H groups in total. The van der Waals surface area contributed by atoms with Crippen molar-refractivity contribution in [2.24, 2.45) is 0 Å². The second-order valence-electron chi connectivity index (χ2n) is 7.63. The van der Waals surface area contributed by atoms with Crippen molar-refractivity contribution in [3.63, 3.8) is 0 Å². The minimum absolute atomic E-state index is 0.125. The molecule has 1 aliphatic carbocycles. The second-order valence-corrected chi connectivity index (χ2v) is 10.4. The van der Waals surface area contributed by atoms with Crippen molar-refractivity contribution in [3.8, 4) is 0 Å². The topological polar surface area (TPSA) is 114 Å². The summed E-state index contributed by atoms with van der Waals surface area (Å²) in [6.07, 6.45) is 4.02. The molecule has 8 nitrogen and oxygen atoms in total. The zero-order valence-electron chi connectivity index (χ0n) is 17.1. The van der Waals surface area contributed by atoms with Crippen LogP contribution in [0.5, 0.6) is 0 Å². The number of thiophene rings is 1. The summed E-state index contributed by atoms with van der Waals surface area (Å²) in [6.45, 7) is 2.03. The number of benzene rings is 1. The first-order chi connectivity index (χ1) is 14.9. The van der Waals surface area contributed by atoms with E-state index in [4.69, 9.17) is 4.52 Å². The summed E-state index contributed by atoms with van der Waals surface area (Å²) in [6, 6.07) is 9.85. The third kappa shape index (κ3) is 4.86. The van der Waals surface area contributed by atoms with E-state index in [2.05, 4.69) is 20.2 Å². The molecule has 0 unspecified atom stereocenters. The zero-order chi connectivity index (χ0) is 21.9. The van der Waals surface area contributed by atoms with E-state index < -0.39 is 15.6 Å². The Labute approximate surface area is 185 Å². The number of carbonyl (C=O) groups excluding carboxylic acids is 1. The third-order valence-electron chi connectivity index (χ3n) is 5.44. The lowest BCUT2D eigenvalue weighted by Crippen LogP contribution is -2.44. The molecular formula is C21H24N4O4S2. The van der Waals surface area contributed by atoms with Crippen LogP contribution in [0.4, 0.5) is 0 Å². The quantitative estimate of drug-likeness (QED) is 0.534. The molecule has 2 aromatic heterocycles. The summed E-state index contributed by atoms with van der Waals surface area (Å²) in [5.41, 5.74) is -0.271. The van der Waals surface area contributed by atoms with Gasteiger partial charge in [0.15, 0.2) is 5.82 Å². The SMILES string of the molecule is Cc1nc(C2(NC(=O)c3ccc(S(=O)(=O)NCCc4cccs4)cc3)CCCC2)no1. The Kier molecular flexibility index (Phi) is 6.22. The Bertz CT molecular complexity index is 1130. The molecule has 164 valence electrons. The van der Waals surface area contributed by atoms with Gasteiger partial charge in [-0.2, -0.15) is 4.98 Å². The van der Waals surface area contributed by atoms with E-state index >= 15 is 0 Å². The van der Waals surface area contributed by atoms with Crippen LogP contribution in [0.3, 0.4) is 0 Å². The van der Waals surface area contributed by atoms with Crippen LogP contribution in [0.2, 0.25) is 0 Å². The minimum atomic E-state index is -3.64. The fourth-order valence-electron chi connectivity index (χ4n) is 3.80. The molecule has 1 amide bonds. The van der Waals surface area contributed by atoms with E-state index in [1.165, 1.54) is 24.3 Å². The summed E-state index contributed by atoms with van der Waals surface area (Å²) < 4.78 is 32.8. The number of nitrogens with zero attached hydrogens (tertiary/aromatic N) is 2. The molecular weight excluding hydrogens is 436 g/mol. The van der Waals surface area contributed by atoms with Crippen molar-refractivity contribution >= 4 is 27.3 Å². The molecule has 0 saturated heterocycles. The van der Waals surface area contributed by atoms with Crippen LogP contribution in [-0.2, 0) is 22.0 Å². The predicted octanol–water partition coefficient (Wildman–Crippen LogP) is 3.16. The van der Waals surface area contributed by atoms with Crippen LogP contribution in [0.1, 0.15) is 52.6 Å². The van der Waals surface area contributed by atoms with Crippen LogP contribution in [0.15, 0.2) is 51.2 Å². The molecule has 0 radical (unpaired) electrons. The Morgan fingerprint density at radius 1 is 1.19 bits per heavy atom. The number of carbonyl (C=O) groups is 1. The van der Waals surface area contributed by atoms with E-state index in [-0.39, 0.29) is 10.8 Å². The first kappa shape index (κ1) is 21.7. The molecule has 2 heterocycles. The molecule has 10 heteroatoms. The van der Waals surface area contributed by atoms with E-state index in [0.29, 0.717) is 30.2 Å². The van der Waals surface area contributed by atoms with Gasteiger partial charge in [0.25, 0.3) is 5.91 Å². The van der Waals surface area contributed by atoms with Gasteiger partial charge in [0, 0.05) is 23.9 Å². The minimum Gasteiger partial charge on any atom is -0.340 e. The maximum Gasteiger partial charge on any atom is 0.252 e. The highest BCUT2D eigenvalue weighted by molar-refractivity contribution is 7.89. The van der Waals surface area contributed by atoms with E-state index in [1.807, 2.05) is 17.5 Å². The fraction of sp³-hybridized carbons (Fsp3) is 0.381. The smallest absolute Gasteiger partial charge is 0.252 e. The second kappa shape index (κ2) is 8.89. The van der Waals surface area contributed by atoms with Crippen LogP contribution in [0, 0.1) is 6.92 Å². The predicted molar refractivity (Wildman–Crippen MR) is 116 cm³/mol. The molecule has 4 rings (SSSR count). The van der Waals surface area contributed by atoms with Crippen molar-refractivity contribution < 1.29 is 17.7 Å². The lowest BCUT2D eigenvalue weighted by molar-refractivity contribution is 0.0892. The molecule has 31 heavy (non-hydrogen) atoms. The average Bonchev–Trinajstić information content (AvgIpc) is 3.51. The van der Waals surface area contributed by atoms with Crippen LogP contribution in [-0.4, -0.2) is 31.0 Å². The van der Waals surface area contributed by atoms with Crippen molar-refractivity contribution in [2.75, 3.05) is 6.54 Å². The maximum absolute atomic E-state index is 12.9. The number of aromatic nitrogens is 2. The summed E-state index contributed by atoms with van der Waals surface area (Å²) in [5, 5.41) is 9.04. The van der Waals surface area contributed by atoms with Gasteiger partial charge in [0.2, 0.25) is 15.9 Å². The molecule has 1 fully saturated rings. The molecule has 0 aliphatic heterocycles. The highest BCUT2D eigenvalue weighted by atomic mass is 32.2. The van der Waals surface area contributed by atoms with Gasteiger partial charge in [-0.25, -0.2) is 13.1 Å².